The monoisotopic (exact) mass is 320 g/mol. The van der Waals surface area contributed by atoms with E-state index in [0.717, 1.165) is 5.75 Å². The molecule has 0 atom stereocenters. The summed E-state index contributed by atoms with van der Waals surface area (Å²) in [4.78, 5) is 11.8. The summed E-state index contributed by atoms with van der Waals surface area (Å²) in [6, 6.07) is 14.7. The third kappa shape index (κ3) is 4.57. The molecule has 0 fully saturated rings. The van der Waals surface area contributed by atoms with E-state index in [9.17, 15) is 13.2 Å². The van der Waals surface area contributed by atoms with Crippen LogP contribution in [0.2, 0.25) is 0 Å². The Labute approximate surface area is 129 Å². The van der Waals surface area contributed by atoms with Crippen molar-refractivity contribution >= 4 is 15.9 Å². The molecule has 22 heavy (non-hydrogen) atoms. The molecule has 0 aliphatic rings. The molecule has 2 aromatic rings. The zero-order valence-corrected chi connectivity index (χ0v) is 12.5. The van der Waals surface area contributed by atoms with Crippen LogP contribution in [0.1, 0.15) is 10.4 Å². The molecular weight excluding hydrogens is 304 g/mol. The van der Waals surface area contributed by atoms with Crippen molar-refractivity contribution in [2.24, 2.45) is 5.14 Å². The van der Waals surface area contributed by atoms with Crippen LogP contribution in [-0.4, -0.2) is 27.5 Å². The van der Waals surface area contributed by atoms with E-state index in [1.165, 1.54) is 24.3 Å². The summed E-state index contributed by atoms with van der Waals surface area (Å²) in [7, 11) is -3.75. The van der Waals surface area contributed by atoms with Crippen molar-refractivity contribution in [3.63, 3.8) is 0 Å². The number of carbonyl (C=O) groups excluding carboxylic acids is 1. The number of para-hydroxylation sites is 1. The van der Waals surface area contributed by atoms with Crippen LogP contribution in [0.4, 0.5) is 0 Å². The van der Waals surface area contributed by atoms with Gasteiger partial charge in [0.1, 0.15) is 12.4 Å². The topological polar surface area (TPSA) is 98.5 Å². The van der Waals surface area contributed by atoms with Gasteiger partial charge in [0, 0.05) is 5.56 Å². The molecule has 0 aromatic heterocycles. The number of hydrogen-bond donors (Lipinski definition) is 2. The molecule has 0 spiro atoms. The van der Waals surface area contributed by atoms with Gasteiger partial charge < -0.3 is 10.1 Å². The van der Waals surface area contributed by atoms with Gasteiger partial charge in [-0.2, -0.15) is 0 Å². The maximum absolute atomic E-state index is 11.9. The highest BCUT2D eigenvalue weighted by Crippen LogP contribution is 2.09. The van der Waals surface area contributed by atoms with Gasteiger partial charge in [-0.05, 0) is 36.4 Å². The van der Waals surface area contributed by atoms with E-state index < -0.39 is 10.0 Å². The first-order chi connectivity index (χ1) is 10.5. The van der Waals surface area contributed by atoms with Gasteiger partial charge in [0.05, 0.1) is 11.4 Å². The Morgan fingerprint density at radius 3 is 2.27 bits per heavy atom. The number of primary sulfonamides is 1. The number of benzene rings is 2. The predicted octanol–water partition coefficient (Wildman–Crippen LogP) is 1.14. The minimum atomic E-state index is -3.75. The van der Waals surface area contributed by atoms with Gasteiger partial charge >= 0.3 is 0 Å². The van der Waals surface area contributed by atoms with E-state index in [-0.39, 0.29) is 10.8 Å². The third-order valence-corrected chi connectivity index (χ3v) is 3.77. The van der Waals surface area contributed by atoms with E-state index >= 15 is 0 Å². The van der Waals surface area contributed by atoms with E-state index in [0.29, 0.717) is 18.7 Å². The maximum atomic E-state index is 11.9. The van der Waals surface area contributed by atoms with Crippen LogP contribution in [-0.2, 0) is 10.0 Å². The SMILES string of the molecule is NS(=O)(=O)c1ccc(C(=O)NCCOc2ccccc2)cc1. The molecule has 0 aliphatic carbocycles. The molecule has 0 saturated carbocycles. The zero-order valence-electron chi connectivity index (χ0n) is 11.7. The summed E-state index contributed by atoms with van der Waals surface area (Å²) in [5, 5.41) is 7.67. The van der Waals surface area contributed by atoms with Crippen LogP contribution in [0, 0.1) is 0 Å². The van der Waals surface area contributed by atoms with Gasteiger partial charge in [0.2, 0.25) is 10.0 Å². The molecule has 0 radical (unpaired) electrons. The third-order valence-electron chi connectivity index (χ3n) is 2.84. The molecule has 3 N–H and O–H groups in total. The molecule has 6 nitrogen and oxygen atoms in total. The fourth-order valence-corrected chi connectivity index (χ4v) is 2.26. The Morgan fingerprint density at radius 2 is 1.68 bits per heavy atom. The van der Waals surface area contributed by atoms with Gasteiger partial charge in [0.15, 0.2) is 0 Å². The van der Waals surface area contributed by atoms with Crippen LogP contribution in [0.15, 0.2) is 59.5 Å². The number of ether oxygens (including phenoxy) is 1. The fraction of sp³-hybridized carbons (Fsp3) is 0.133. The summed E-state index contributed by atoms with van der Waals surface area (Å²) >= 11 is 0. The van der Waals surface area contributed by atoms with Crippen LogP contribution >= 0.6 is 0 Å². The van der Waals surface area contributed by atoms with Crippen LogP contribution < -0.4 is 15.2 Å². The molecule has 0 saturated heterocycles. The standard InChI is InChI=1S/C15H16N2O4S/c16-22(19,20)14-8-6-12(7-9-14)15(18)17-10-11-21-13-4-2-1-3-5-13/h1-9H,10-11H2,(H,17,18)(H2,16,19,20). The summed E-state index contributed by atoms with van der Waals surface area (Å²) in [5.41, 5.74) is 0.354. The van der Waals surface area contributed by atoms with E-state index in [1.54, 1.807) is 0 Å². The lowest BCUT2D eigenvalue weighted by atomic mass is 10.2. The summed E-state index contributed by atoms with van der Waals surface area (Å²) in [6.07, 6.45) is 0. The Bertz CT molecular complexity index is 728. The highest BCUT2D eigenvalue weighted by Gasteiger charge is 2.09. The first-order valence-corrected chi connectivity index (χ1v) is 8.10. The van der Waals surface area contributed by atoms with Crippen LogP contribution in [0.25, 0.3) is 0 Å². The van der Waals surface area contributed by atoms with Crippen molar-refractivity contribution in [1.29, 1.82) is 0 Å². The first-order valence-electron chi connectivity index (χ1n) is 6.56. The molecule has 0 aliphatic heterocycles. The van der Waals surface area contributed by atoms with Crippen LogP contribution in [0.5, 0.6) is 5.75 Å². The summed E-state index contributed by atoms with van der Waals surface area (Å²) in [6.45, 7) is 0.676. The normalized spacial score (nSPS) is 11.0. The molecule has 1 amide bonds. The van der Waals surface area contributed by atoms with E-state index in [2.05, 4.69) is 5.32 Å². The molecular formula is C15H16N2O4S. The number of rotatable bonds is 6. The number of sulfonamides is 1. The second-order valence-electron chi connectivity index (χ2n) is 4.49. The number of nitrogens with one attached hydrogen (secondary N) is 1. The molecule has 7 heteroatoms. The van der Waals surface area contributed by atoms with Gasteiger partial charge in [-0.15, -0.1) is 0 Å². The number of nitrogens with two attached hydrogens (primary N) is 1. The average molecular weight is 320 g/mol. The zero-order chi connectivity index (χ0) is 16.0. The second-order valence-corrected chi connectivity index (χ2v) is 6.05. The minimum Gasteiger partial charge on any atom is -0.492 e. The van der Waals surface area contributed by atoms with Crippen molar-refractivity contribution in [2.75, 3.05) is 13.2 Å². The highest BCUT2D eigenvalue weighted by atomic mass is 32.2. The number of carbonyl (C=O) groups is 1. The molecule has 0 bridgehead atoms. The summed E-state index contributed by atoms with van der Waals surface area (Å²) in [5.74, 6) is 0.423. The van der Waals surface area contributed by atoms with Crippen molar-refractivity contribution < 1.29 is 17.9 Å². The lowest BCUT2D eigenvalue weighted by molar-refractivity contribution is 0.0947. The van der Waals surface area contributed by atoms with Crippen molar-refractivity contribution in [3.8, 4) is 5.75 Å². The Morgan fingerprint density at radius 1 is 1.05 bits per heavy atom. The maximum Gasteiger partial charge on any atom is 0.251 e. The van der Waals surface area contributed by atoms with Gasteiger partial charge in [0.25, 0.3) is 5.91 Å². The van der Waals surface area contributed by atoms with E-state index in [4.69, 9.17) is 9.88 Å². The molecule has 2 aromatic carbocycles. The largest absolute Gasteiger partial charge is 0.492 e. The van der Waals surface area contributed by atoms with Crippen molar-refractivity contribution in [2.45, 2.75) is 4.90 Å². The quantitative estimate of drug-likeness (QED) is 0.780. The predicted molar refractivity (Wildman–Crippen MR) is 82.1 cm³/mol. The molecule has 0 heterocycles. The van der Waals surface area contributed by atoms with Gasteiger partial charge in [-0.1, -0.05) is 18.2 Å². The Hall–Kier alpha value is -2.38. The Kier molecular flexibility index (Phi) is 5.13. The van der Waals surface area contributed by atoms with Crippen molar-refractivity contribution in [3.05, 3.63) is 60.2 Å². The fourth-order valence-electron chi connectivity index (χ4n) is 1.75. The van der Waals surface area contributed by atoms with Gasteiger partial charge in [-0.3, -0.25) is 4.79 Å². The summed E-state index contributed by atoms with van der Waals surface area (Å²) < 4.78 is 27.7. The van der Waals surface area contributed by atoms with E-state index in [1.807, 2.05) is 30.3 Å². The average Bonchev–Trinajstić information content (AvgIpc) is 2.52. The molecule has 0 unspecified atom stereocenters. The lowest BCUT2D eigenvalue weighted by Gasteiger charge is -2.08. The first kappa shape index (κ1) is 16.0. The number of amides is 1. The lowest BCUT2D eigenvalue weighted by Crippen LogP contribution is -2.28. The molecule has 2 rings (SSSR count). The smallest absolute Gasteiger partial charge is 0.251 e. The van der Waals surface area contributed by atoms with Gasteiger partial charge in [-0.25, -0.2) is 13.6 Å². The second kappa shape index (κ2) is 7.06. The number of hydrogen-bond acceptors (Lipinski definition) is 4. The minimum absolute atomic E-state index is 0.0311. The molecule has 116 valence electrons. The Balaban J connectivity index is 1.82. The van der Waals surface area contributed by atoms with Crippen molar-refractivity contribution in [1.82, 2.24) is 5.32 Å². The highest BCUT2D eigenvalue weighted by molar-refractivity contribution is 7.89. The van der Waals surface area contributed by atoms with Crippen LogP contribution in [0.3, 0.4) is 0 Å².